The average molecular weight is 458 g/mol. The minimum Gasteiger partial charge on any atom is -0.372 e. The summed E-state index contributed by atoms with van der Waals surface area (Å²) in [5.41, 5.74) is 3.60. The van der Waals surface area contributed by atoms with Crippen molar-refractivity contribution >= 4 is 44.0 Å². The highest BCUT2D eigenvalue weighted by Gasteiger charge is 2.49. The van der Waals surface area contributed by atoms with Crippen LogP contribution in [0, 0.1) is 6.92 Å². The van der Waals surface area contributed by atoms with Gasteiger partial charge in [-0.3, -0.25) is 4.79 Å². The number of benzene rings is 2. The van der Waals surface area contributed by atoms with Crippen molar-refractivity contribution in [1.82, 2.24) is 0 Å². The lowest BCUT2D eigenvalue weighted by atomic mass is 10.1. The van der Waals surface area contributed by atoms with Crippen molar-refractivity contribution in [2.45, 2.75) is 32.1 Å². The number of aryl methyl sites for hydroxylation is 1. The number of hydrogen-bond donors (Lipinski definition) is 0. The molecule has 0 radical (unpaired) electrons. The molecule has 31 heavy (non-hydrogen) atoms. The summed E-state index contributed by atoms with van der Waals surface area (Å²) in [6.45, 7) is 8.10. The first-order chi connectivity index (χ1) is 14.8. The van der Waals surface area contributed by atoms with E-state index in [4.69, 9.17) is 0 Å². The lowest BCUT2D eigenvalue weighted by Crippen LogP contribution is -2.38. The number of sulfone groups is 1. The van der Waals surface area contributed by atoms with Crippen molar-refractivity contribution in [2.24, 2.45) is 4.99 Å². The van der Waals surface area contributed by atoms with Crippen LogP contribution in [0.2, 0.25) is 0 Å². The van der Waals surface area contributed by atoms with Crippen LogP contribution < -0.4 is 9.80 Å². The number of hydrogen-bond acceptors (Lipinski definition) is 5. The maximum Gasteiger partial charge on any atom is 0.279 e. The predicted octanol–water partition coefficient (Wildman–Crippen LogP) is 3.76. The summed E-state index contributed by atoms with van der Waals surface area (Å²) in [6.07, 6.45) is 0. The Balaban J connectivity index is 1.74. The Morgan fingerprint density at radius 1 is 1.13 bits per heavy atom. The molecule has 2 aromatic carbocycles. The fourth-order valence-electron chi connectivity index (χ4n) is 4.27. The third-order valence-electron chi connectivity index (χ3n) is 5.85. The zero-order valence-corrected chi connectivity index (χ0v) is 19.6. The molecule has 0 bridgehead atoms. The average Bonchev–Trinajstić information content (AvgIpc) is 3.21. The number of amides is 1. The largest absolute Gasteiger partial charge is 0.372 e. The molecule has 6 nitrogen and oxygen atoms in total. The van der Waals surface area contributed by atoms with E-state index in [2.05, 4.69) is 35.9 Å². The zero-order chi connectivity index (χ0) is 22.2. The monoisotopic (exact) mass is 457 g/mol. The molecule has 0 N–H and O–H groups in total. The molecule has 2 aliphatic rings. The number of rotatable bonds is 5. The molecule has 0 saturated carbocycles. The molecule has 8 heteroatoms. The van der Waals surface area contributed by atoms with E-state index in [1.54, 1.807) is 12.1 Å². The maximum atomic E-state index is 12.8. The Hall–Kier alpha value is -2.32. The van der Waals surface area contributed by atoms with E-state index in [1.165, 1.54) is 11.8 Å². The predicted molar refractivity (Wildman–Crippen MR) is 129 cm³/mol. The van der Waals surface area contributed by atoms with Gasteiger partial charge in [-0.15, -0.1) is 0 Å². The molecule has 0 unspecified atom stereocenters. The molecule has 4 rings (SSSR count). The summed E-state index contributed by atoms with van der Waals surface area (Å²) in [6, 6.07) is 15.0. The summed E-state index contributed by atoms with van der Waals surface area (Å²) >= 11 is 1.40. The van der Waals surface area contributed by atoms with Crippen LogP contribution in [0.4, 0.5) is 11.4 Å². The van der Waals surface area contributed by atoms with Crippen molar-refractivity contribution < 1.29 is 13.2 Å². The van der Waals surface area contributed by atoms with Gasteiger partial charge >= 0.3 is 0 Å². The normalized spacial score (nSPS) is 23.2. The molecule has 0 spiro atoms. The SMILES string of the molecule is CCN(CC)c1ccc(N2C(=NC(=O)c3ccccc3)S[C@@H]3CS(=O)(=O)C[C@@H]32)c(C)c1. The molecular weight excluding hydrogens is 430 g/mol. The second-order valence-corrected chi connectivity index (χ2v) is 11.2. The number of thioether (sulfide) groups is 1. The fraction of sp³-hybridized carbons (Fsp3) is 0.391. The van der Waals surface area contributed by atoms with Gasteiger partial charge in [0.25, 0.3) is 5.91 Å². The van der Waals surface area contributed by atoms with Crippen molar-refractivity contribution in [1.29, 1.82) is 0 Å². The number of nitrogens with zero attached hydrogens (tertiary/aromatic N) is 3. The molecule has 2 atom stereocenters. The number of carbonyl (C=O) groups is 1. The van der Waals surface area contributed by atoms with Crippen LogP contribution in [0.3, 0.4) is 0 Å². The van der Waals surface area contributed by atoms with Crippen LogP contribution >= 0.6 is 11.8 Å². The van der Waals surface area contributed by atoms with E-state index in [0.29, 0.717) is 10.7 Å². The summed E-state index contributed by atoms with van der Waals surface area (Å²) in [4.78, 5) is 21.4. The van der Waals surface area contributed by atoms with Crippen molar-refractivity contribution in [3.8, 4) is 0 Å². The summed E-state index contributed by atoms with van der Waals surface area (Å²) < 4.78 is 24.6. The fourth-order valence-corrected chi connectivity index (χ4v) is 8.18. The van der Waals surface area contributed by atoms with Crippen molar-refractivity contribution in [2.75, 3.05) is 34.4 Å². The third kappa shape index (κ3) is 4.36. The smallest absolute Gasteiger partial charge is 0.279 e. The summed E-state index contributed by atoms with van der Waals surface area (Å²) in [5.74, 6) is -0.109. The van der Waals surface area contributed by atoms with E-state index < -0.39 is 9.84 Å². The van der Waals surface area contributed by atoms with Gasteiger partial charge in [-0.2, -0.15) is 4.99 Å². The van der Waals surface area contributed by atoms with Gasteiger partial charge in [0.1, 0.15) is 0 Å². The molecule has 1 amide bonds. The van der Waals surface area contributed by atoms with Crippen LogP contribution in [0.5, 0.6) is 0 Å². The lowest BCUT2D eigenvalue weighted by molar-refractivity contribution is 0.100. The Kier molecular flexibility index (Phi) is 6.12. The standard InChI is InChI=1S/C23H27N3O3S2/c1-4-25(5-2)18-11-12-19(16(3)13-18)26-20-14-31(28,29)15-21(20)30-23(26)24-22(27)17-9-7-6-8-10-17/h6-13,20-21H,4-5,14-15H2,1-3H3/t20-,21+/m0/s1. The van der Waals surface area contributed by atoms with E-state index >= 15 is 0 Å². The van der Waals surface area contributed by atoms with E-state index in [0.717, 1.165) is 30.0 Å². The Bertz CT molecular complexity index is 1110. The maximum absolute atomic E-state index is 12.8. The van der Waals surface area contributed by atoms with Gasteiger partial charge in [0.15, 0.2) is 15.0 Å². The summed E-state index contributed by atoms with van der Waals surface area (Å²) in [5, 5.41) is 0.464. The Labute approximate surface area is 188 Å². The van der Waals surface area contributed by atoms with Crippen molar-refractivity contribution in [3.63, 3.8) is 0 Å². The van der Waals surface area contributed by atoms with Gasteiger partial charge in [0.05, 0.1) is 17.5 Å². The number of fused-ring (bicyclic) bond motifs is 1. The zero-order valence-electron chi connectivity index (χ0n) is 18.0. The summed E-state index contributed by atoms with van der Waals surface area (Å²) in [7, 11) is -3.10. The van der Waals surface area contributed by atoms with Crippen LogP contribution in [-0.4, -0.2) is 55.4 Å². The number of carbonyl (C=O) groups excluding carboxylic acids is 1. The highest BCUT2D eigenvalue weighted by Crippen LogP contribution is 2.42. The molecule has 2 aliphatic heterocycles. The third-order valence-corrected chi connectivity index (χ3v) is 9.06. The van der Waals surface area contributed by atoms with Crippen LogP contribution in [0.25, 0.3) is 0 Å². The topological polar surface area (TPSA) is 70.0 Å². The number of aliphatic imine (C=N–C) groups is 1. The molecule has 0 aromatic heterocycles. The van der Waals surface area contributed by atoms with Gasteiger partial charge in [0, 0.05) is 35.3 Å². The van der Waals surface area contributed by atoms with Crippen LogP contribution in [0.1, 0.15) is 29.8 Å². The van der Waals surface area contributed by atoms with E-state index in [1.807, 2.05) is 36.1 Å². The molecule has 2 saturated heterocycles. The van der Waals surface area contributed by atoms with E-state index in [-0.39, 0.29) is 28.7 Å². The number of amidine groups is 1. The molecule has 2 aromatic rings. The number of anilines is 2. The van der Waals surface area contributed by atoms with Crippen LogP contribution in [0.15, 0.2) is 53.5 Å². The minimum atomic E-state index is -3.10. The molecule has 0 aliphatic carbocycles. The van der Waals surface area contributed by atoms with Gasteiger partial charge in [0.2, 0.25) is 0 Å². The highest BCUT2D eigenvalue weighted by molar-refractivity contribution is 8.16. The Morgan fingerprint density at radius 2 is 1.84 bits per heavy atom. The van der Waals surface area contributed by atoms with Crippen molar-refractivity contribution in [3.05, 3.63) is 59.7 Å². The van der Waals surface area contributed by atoms with E-state index in [9.17, 15) is 13.2 Å². The van der Waals surface area contributed by atoms with Gasteiger partial charge < -0.3 is 9.80 Å². The second kappa shape index (κ2) is 8.67. The van der Waals surface area contributed by atoms with Crippen LogP contribution in [-0.2, 0) is 9.84 Å². The lowest BCUT2D eigenvalue weighted by Gasteiger charge is -2.28. The van der Waals surface area contributed by atoms with Gasteiger partial charge in [-0.05, 0) is 56.7 Å². The first-order valence-electron chi connectivity index (χ1n) is 10.5. The minimum absolute atomic E-state index is 0.0838. The van der Waals surface area contributed by atoms with Gasteiger partial charge in [-0.25, -0.2) is 8.42 Å². The first kappa shape index (κ1) is 21.9. The Morgan fingerprint density at radius 3 is 2.48 bits per heavy atom. The highest BCUT2D eigenvalue weighted by atomic mass is 32.2. The molecular formula is C23H27N3O3S2. The molecule has 2 heterocycles. The second-order valence-electron chi connectivity index (χ2n) is 7.88. The molecule has 2 fully saturated rings. The molecule has 164 valence electrons. The quantitative estimate of drug-likeness (QED) is 0.681. The first-order valence-corrected chi connectivity index (χ1v) is 13.2. The van der Waals surface area contributed by atoms with Gasteiger partial charge in [-0.1, -0.05) is 30.0 Å².